The number of benzene rings is 2. The number of thioether (sulfide) groups is 1. The molecule has 1 aromatic heterocycles. The maximum atomic E-state index is 12.4. The summed E-state index contributed by atoms with van der Waals surface area (Å²) in [6.45, 7) is 0.522. The number of amides is 1. The molecule has 0 saturated heterocycles. The highest BCUT2D eigenvalue weighted by Gasteiger charge is 2.13. The summed E-state index contributed by atoms with van der Waals surface area (Å²) in [7, 11) is -1.15. The van der Waals surface area contributed by atoms with Crippen molar-refractivity contribution in [1.82, 2.24) is 5.32 Å². The SMILES string of the molecule is CSc1ccc(CCNC(=O)c2ccc(C[S@](=O)Cc3cccc(Cl)c3)o2)cc1. The van der Waals surface area contributed by atoms with Crippen molar-refractivity contribution in [3.63, 3.8) is 0 Å². The van der Waals surface area contributed by atoms with E-state index in [0.29, 0.717) is 23.1 Å². The summed E-state index contributed by atoms with van der Waals surface area (Å²) in [4.78, 5) is 13.5. The van der Waals surface area contributed by atoms with Crippen LogP contribution in [0.2, 0.25) is 5.02 Å². The van der Waals surface area contributed by atoms with Gasteiger partial charge in [-0.05, 0) is 60.2 Å². The molecule has 0 saturated carbocycles. The molecule has 2 aromatic carbocycles. The van der Waals surface area contributed by atoms with E-state index in [4.69, 9.17) is 16.0 Å². The number of carbonyl (C=O) groups is 1. The van der Waals surface area contributed by atoms with Crippen LogP contribution in [0.25, 0.3) is 0 Å². The first-order valence-corrected chi connectivity index (χ1v) is 12.2. The second kappa shape index (κ2) is 10.7. The average molecular weight is 448 g/mol. The first-order valence-electron chi connectivity index (χ1n) is 9.13. The minimum absolute atomic E-state index is 0.234. The van der Waals surface area contributed by atoms with Gasteiger partial charge < -0.3 is 9.73 Å². The van der Waals surface area contributed by atoms with Gasteiger partial charge in [-0.2, -0.15) is 0 Å². The molecule has 1 atom stereocenters. The Balaban J connectivity index is 1.46. The molecular formula is C22H22ClNO3S2. The number of carbonyl (C=O) groups excluding carboxylic acids is 1. The number of hydrogen-bond acceptors (Lipinski definition) is 4. The van der Waals surface area contributed by atoms with Gasteiger partial charge in [0.1, 0.15) is 5.76 Å². The Morgan fingerprint density at radius 3 is 2.59 bits per heavy atom. The molecule has 29 heavy (non-hydrogen) atoms. The van der Waals surface area contributed by atoms with Crippen molar-refractivity contribution < 1.29 is 13.4 Å². The van der Waals surface area contributed by atoms with Crippen LogP contribution in [0.4, 0.5) is 0 Å². The molecule has 1 N–H and O–H groups in total. The largest absolute Gasteiger partial charge is 0.455 e. The molecule has 1 amide bonds. The Labute approximate surface area is 182 Å². The standard InChI is InChI=1S/C22H22ClNO3S2/c1-28-20-8-5-16(6-9-20)11-12-24-22(25)21-10-7-19(27-21)15-29(26)14-17-3-2-4-18(23)13-17/h2-10,13H,11-12,14-15H2,1H3,(H,24,25)/t29-/m1/s1. The number of furan rings is 1. The Morgan fingerprint density at radius 1 is 1.07 bits per heavy atom. The Hall–Kier alpha value is -2.02. The summed E-state index contributed by atoms with van der Waals surface area (Å²) in [6.07, 6.45) is 2.79. The van der Waals surface area contributed by atoms with Crippen LogP contribution >= 0.6 is 23.4 Å². The third-order valence-corrected chi connectivity index (χ3v) is 6.50. The number of halogens is 1. The third kappa shape index (κ3) is 6.77. The molecule has 0 aliphatic carbocycles. The predicted molar refractivity (Wildman–Crippen MR) is 120 cm³/mol. The van der Waals surface area contributed by atoms with Crippen molar-refractivity contribution in [3.05, 3.63) is 88.3 Å². The van der Waals surface area contributed by atoms with Gasteiger partial charge in [-0.3, -0.25) is 9.00 Å². The topological polar surface area (TPSA) is 59.3 Å². The minimum Gasteiger partial charge on any atom is -0.455 e. The lowest BCUT2D eigenvalue weighted by molar-refractivity contribution is 0.0925. The summed E-state index contributed by atoms with van der Waals surface area (Å²) in [5, 5.41) is 3.48. The molecule has 3 rings (SSSR count). The van der Waals surface area contributed by atoms with E-state index in [1.54, 1.807) is 36.0 Å². The molecule has 3 aromatic rings. The van der Waals surface area contributed by atoms with Gasteiger partial charge in [-0.15, -0.1) is 11.8 Å². The van der Waals surface area contributed by atoms with Gasteiger partial charge in [0.05, 0.1) is 5.75 Å². The van der Waals surface area contributed by atoms with E-state index in [9.17, 15) is 9.00 Å². The molecule has 0 fully saturated rings. The fourth-order valence-electron chi connectivity index (χ4n) is 2.80. The van der Waals surface area contributed by atoms with E-state index in [1.165, 1.54) is 10.5 Å². The molecule has 0 aliphatic rings. The second-order valence-electron chi connectivity index (χ2n) is 6.48. The first kappa shape index (κ1) is 21.7. The quantitative estimate of drug-likeness (QED) is 0.465. The number of rotatable bonds is 9. The van der Waals surface area contributed by atoms with Crippen LogP contribution in [-0.2, 0) is 28.7 Å². The Kier molecular flexibility index (Phi) is 7.98. The van der Waals surface area contributed by atoms with Crippen molar-refractivity contribution in [1.29, 1.82) is 0 Å². The van der Waals surface area contributed by atoms with Gasteiger partial charge in [0.2, 0.25) is 0 Å². The molecule has 0 bridgehead atoms. The van der Waals surface area contributed by atoms with Gasteiger partial charge in [-0.1, -0.05) is 35.9 Å². The lowest BCUT2D eigenvalue weighted by atomic mass is 10.1. The third-order valence-electron chi connectivity index (χ3n) is 4.26. The summed E-state index contributed by atoms with van der Waals surface area (Å²) in [6, 6.07) is 18.9. The zero-order chi connectivity index (χ0) is 20.6. The highest BCUT2D eigenvalue weighted by Crippen LogP contribution is 2.16. The van der Waals surface area contributed by atoms with E-state index in [2.05, 4.69) is 29.6 Å². The van der Waals surface area contributed by atoms with E-state index in [1.807, 2.05) is 18.4 Å². The van der Waals surface area contributed by atoms with Crippen molar-refractivity contribution in [2.75, 3.05) is 12.8 Å². The maximum absolute atomic E-state index is 12.4. The summed E-state index contributed by atoms with van der Waals surface area (Å²) in [5.41, 5.74) is 2.07. The molecule has 0 radical (unpaired) electrons. The van der Waals surface area contributed by atoms with Crippen LogP contribution in [-0.4, -0.2) is 22.9 Å². The average Bonchev–Trinajstić information content (AvgIpc) is 3.17. The summed E-state index contributed by atoms with van der Waals surface area (Å²) < 4.78 is 17.9. The number of nitrogens with one attached hydrogen (secondary N) is 1. The molecule has 0 unspecified atom stereocenters. The first-order chi connectivity index (χ1) is 14.0. The van der Waals surface area contributed by atoms with Crippen molar-refractivity contribution in [3.8, 4) is 0 Å². The Bertz CT molecular complexity index is 986. The molecule has 0 spiro atoms. The Morgan fingerprint density at radius 2 is 1.86 bits per heavy atom. The summed E-state index contributed by atoms with van der Waals surface area (Å²) in [5.74, 6) is 1.14. The van der Waals surface area contributed by atoms with E-state index in [0.717, 1.165) is 12.0 Å². The predicted octanol–water partition coefficient (Wildman–Crippen LogP) is 5.08. The molecule has 152 valence electrons. The highest BCUT2D eigenvalue weighted by molar-refractivity contribution is 7.98. The van der Waals surface area contributed by atoms with Gasteiger partial charge >= 0.3 is 0 Å². The van der Waals surface area contributed by atoms with E-state index < -0.39 is 10.8 Å². The van der Waals surface area contributed by atoms with Crippen molar-refractivity contribution >= 4 is 40.1 Å². The fraction of sp³-hybridized carbons (Fsp3) is 0.227. The molecule has 1 heterocycles. The minimum atomic E-state index is -1.15. The van der Waals surface area contributed by atoms with Crippen LogP contribution in [0.15, 0.2) is 70.0 Å². The van der Waals surface area contributed by atoms with Crippen LogP contribution in [0.5, 0.6) is 0 Å². The van der Waals surface area contributed by atoms with Gasteiger partial charge in [0.25, 0.3) is 5.91 Å². The van der Waals surface area contributed by atoms with Gasteiger partial charge in [0.15, 0.2) is 5.76 Å². The van der Waals surface area contributed by atoms with E-state index in [-0.39, 0.29) is 17.4 Å². The summed E-state index contributed by atoms with van der Waals surface area (Å²) >= 11 is 7.66. The zero-order valence-corrected chi connectivity index (χ0v) is 18.4. The van der Waals surface area contributed by atoms with Crippen molar-refractivity contribution in [2.24, 2.45) is 0 Å². The zero-order valence-electron chi connectivity index (χ0n) is 16.0. The molecule has 7 heteroatoms. The van der Waals surface area contributed by atoms with E-state index >= 15 is 0 Å². The van der Waals surface area contributed by atoms with Crippen LogP contribution in [0.3, 0.4) is 0 Å². The van der Waals surface area contributed by atoms with Crippen LogP contribution in [0.1, 0.15) is 27.4 Å². The van der Waals surface area contributed by atoms with Crippen molar-refractivity contribution in [2.45, 2.75) is 22.8 Å². The second-order valence-corrected chi connectivity index (χ2v) is 9.25. The lowest BCUT2D eigenvalue weighted by Crippen LogP contribution is -2.25. The smallest absolute Gasteiger partial charge is 0.287 e. The van der Waals surface area contributed by atoms with Crippen LogP contribution < -0.4 is 5.32 Å². The highest BCUT2D eigenvalue weighted by atomic mass is 35.5. The maximum Gasteiger partial charge on any atom is 0.287 e. The molecular weight excluding hydrogens is 426 g/mol. The monoisotopic (exact) mass is 447 g/mol. The normalized spacial score (nSPS) is 11.9. The van der Waals surface area contributed by atoms with Crippen LogP contribution in [0, 0.1) is 0 Å². The van der Waals surface area contributed by atoms with Gasteiger partial charge in [0, 0.05) is 33.0 Å². The van der Waals surface area contributed by atoms with Gasteiger partial charge in [-0.25, -0.2) is 0 Å². The number of hydrogen-bond donors (Lipinski definition) is 1. The molecule has 0 aliphatic heterocycles. The fourth-order valence-corrected chi connectivity index (χ4v) is 4.55. The lowest BCUT2D eigenvalue weighted by Gasteiger charge is -2.05. The molecule has 4 nitrogen and oxygen atoms in total.